The lowest BCUT2D eigenvalue weighted by atomic mass is 10.4. The van der Waals surface area contributed by atoms with Crippen molar-refractivity contribution in [1.29, 1.82) is 0 Å². The molecular weight excluding hydrogens is 282 g/mol. The Balaban J connectivity index is 0.00000169. The van der Waals surface area contributed by atoms with Crippen molar-refractivity contribution >= 4 is 40.1 Å². The van der Waals surface area contributed by atoms with Gasteiger partial charge in [-0.2, -0.15) is 0 Å². The Hall–Kier alpha value is 0.300. The highest BCUT2D eigenvalue weighted by Gasteiger charge is 1.94. The van der Waals surface area contributed by atoms with Crippen LogP contribution in [0.3, 0.4) is 0 Å². The first-order valence-electron chi connectivity index (χ1n) is 4.21. The van der Waals surface area contributed by atoms with Gasteiger partial charge >= 0.3 is 0 Å². The van der Waals surface area contributed by atoms with E-state index in [-0.39, 0.29) is 12.4 Å². The summed E-state index contributed by atoms with van der Waals surface area (Å²) in [6.07, 6.45) is 0. The number of hydrogen-bond donors (Lipinski definition) is 0. The molecule has 1 rings (SSSR count). The van der Waals surface area contributed by atoms with Crippen LogP contribution in [0.2, 0.25) is 0 Å². The monoisotopic (exact) mass is 295 g/mol. The predicted octanol–water partition coefficient (Wildman–Crippen LogP) is 3.52. The zero-order valence-corrected chi connectivity index (χ0v) is 11.6. The summed E-state index contributed by atoms with van der Waals surface area (Å²) in [7, 11) is 4.20. The van der Waals surface area contributed by atoms with Crippen molar-refractivity contribution < 1.29 is 0 Å². The van der Waals surface area contributed by atoms with Crippen molar-refractivity contribution in [2.75, 3.05) is 26.4 Å². The Morgan fingerprint density at radius 3 is 2.29 bits per heavy atom. The van der Waals surface area contributed by atoms with Gasteiger partial charge in [0.1, 0.15) is 0 Å². The maximum absolute atomic E-state index is 3.42. The third-order valence-electron chi connectivity index (χ3n) is 1.62. The molecule has 0 bridgehead atoms. The molecule has 0 saturated carbocycles. The first-order chi connectivity index (χ1) is 6.18. The fourth-order valence-corrected chi connectivity index (χ4v) is 2.16. The van der Waals surface area contributed by atoms with Gasteiger partial charge in [0, 0.05) is 21.7 Å². The Morgan fingerprint density at radius 2 is 1.79 bits per heavy atom. The zero-order valence-electron chi connectivity index (χ0n) is 8.37. The van der Waals surface area contributed by atoms with Gasteiger partial charge in [0.05, 0.1) is 0 Å². The van der Waals surface area contributed by atoms with Crippen LogP contribution in [0.4, 0.5) is 0 Å². The summed E-state index contributed by atoms with van der Waals surface area (Å²) in [5.74, 6) is 1.15. The number of thioether (sulfide) groups is 1. The summed E-state index contributed by atoms with van der Waals surface area (Å²) in [4.78, 5) is 3.54. The van der Waals surface area contributed by atoms with Crippen LogP contribution in [-0.4, -0.2) is 31.3 Å². The molecule has 80 valence electrons. The fourth-order valence-electron chi connectivity index (χ4n) is 0.877. The van der Waals surface area contributed by atoms with E-state index < -0.39 is 0 Å². The Bertz CT molecular complexity index is 251. The summed E-state index contributed by atoms with van der Waals surface area (Å²) in [5, 5.41) is 0. The van der Waals surface area contributed by atoms with Gasteiger partial charge in [0.25, 0.3) is 0 Å². The highest BCUT2D eigenvalue weighted by molar-refractivity contribution is 9.10. The van der Waals surface area contributed by atoms with E-state index >= 15 is 0 Å². The molecule has 0 aliphatic rings. The molecule has 0 N–H and O–H groups in total. The highest BCUT2D eigenvalue weighted by Crippen LogP contribution is 2.20. The van der Waals surface area contributed by atoms with Crippen LogP contribution < -0.4 is 0 Å². The lowest BCUT2D eigenvalue weighted by Gasteiger charge is -2.08. The second kappa shape index (κ2) is 7.57. The molecule has 14 heavy (non-hydrogen) atoms. The molecule has 4 heteroatoms. The summed E-state index contributed by atoms with van der Waals surface area (Å²) in [6, 6.07) is 8.45. The molecule has 0 amide bonds. The van der Waals surface area contributed by atoms with E-state index in [1.807, 2.05) is 11.8 Å². The zero-order chi connectivity index (χ0) is 9.68. The first kappa shape index (κ1) is 14.3. The summed E-state index contributed by atoms with van der Waals surface area (Å²) in [5.41, 5.74) is 0. The van der Waals surface area contributed by atoms with Crippen molar-refractivity contribution in [1.82, 2.24) is 4.90 Å². The van der Waals surface area contributed by atoms with Crippen LogP contribution in [0.25, 0.3) is 0 Å². The molecule has 0 unspecified atom stereocenters. The standard InChI is InChI=1S/C10H14BrNS.ClH/c1-12(2)7-8-13-10-5-3-9(11)4-6-10;/h3-6H,7-8H2,1-2H3;1H. The van der Waals surface area contributed by atoms with E-state index in [9.17, 15) is 0 Å². The average Bonchev–Trinajstić information content (AvgIpc) is 2.08. The minimum absolute atomic E-state index is 0. The van der Waals surface area contributed by atoms with Gasteiger partial charge < -0.3 is 4.90 Å². The molecule has 1 aromatic carbocycles. The quantitative estimate of drug-likeness (QED) is 0.782. The van der Waals surface area contributed by atoms with Crippen molar-refractivity contribution in [3.63, 3.8) is 0 Å². The van der Waals surface area contributed by atoms with Crippen LogP contribution in [0.5, 0.6) is 0 Å². The van der Waals surface area contributed by atoms with E-state index in [2.05, 4.69) is 59.2 Å². The average molecular weight is 297 g/mol. The third kappa shape index (κ3) is 5.91. The van der Waals surface area contributed by atoms with E-state index in [1.165, 1.54) is 4.90 Å². The molecule has 0 aliphatic heterocycles. The third-order valence-corrected chi connectivity index (χ3v) is 3.14. The van der Waals surface area contributed by atoms with E-state index in [0.717, 1.165) is 16.8 Å². The van der Waals surface area contributed by atoms with Gasteiger partial charge in [-0.05, 0) is 38.4 Å². The maximum atomic E-state index is 3.42. The van der Waals surface area contributed by atoms with Crippen LogP contribution >= 0.6 is 40.1 Å². The number of halogens is 2. The number of nitrogens with zero attached hydrogens (tertiary/aromatic N) is 1. The number of benzene rings is 1. The van der Waals surface area contributed by atoms with Crippen LogP contribution in [0.1, 0.15) is 0 Å². The van der Waals surface area contributed by atoms with Gasteiger partial charge in [-0.3, -0.25) is 0 Å². The number of rotatable bonds is 4. The molecule has 0 aromatic heterocycles. The van der Waals surface area contributed by atoms with Crippen molar-refractivity contribution in [3.05, 3.63) is 28.7 Å². The summed E-state index contributed by atoms with van der Waals surface area (Å²) >= 11 is 5.31. The molecule has 0 atom stereocenters. The van der Waals surface area contributed by atoms with E-state index in [0.29, 0.717) is 0 Å². The Kier molecular flexibility index (Phi) is 7.74. The second-order valence-electron chi connectivity index (χ2n) is 3.11. The maximum Gasteiger partial charge on any atom is 0.0176 e. The van der Waals surface area contributed by atoms with E-state index in [4.69, 9.17) is 0 Å². The highest BCUT2D eigenvalue weighted by atomic mass is 79.9. The number of hydrogen-bond acceptors (Lipinski definition) is 2. The van der Waals surface area contributed by atoms with Crippen molar-refractivity contribution in [2.45, 2.75) is 4.90 Å². The van der Waals surface area contributed by atoms with Gasteiger partial charge in [0.2, 0.25) is 0 Å². The summed E-state index contributed by atoms with van der Waals surface area (Å²) in [6.45, 7) is 1.13. The molecule has 0 aliphatic carbocycles. The minimum atomic E-state index is 0. The lowest BCUT2D eigenvalue weighted by Crippen LogP contribution is -2.14. The molecule has 0 heterocycles. The smallest absolute Gasteiger partial charge is 0.0176 e. The van der Waals surface area contributed by atoms with Gasteiger partial charge in [0.15, 0.2) is 0 Å². The van der Waals surface area contributed by atoms with Crippen LogP contribution in [0, 0.1) is 0 Å². The van der Waals surface area contributed by atoms with Crippen LogP contribution in [-0.2, 0) is 0 Å². The topological polar surface area (TPSA) is 3.24 Å². The molecule has 1 aromatic rings. The van der Waals surface area contributed by atoms with E-state index in [1.54, 1.807) is 0 Å². The first-order valence-corrected chi connectivity index (χ1v) is 5.99. The molecule has 0 saturated heterocycles. The summed E-state index contributed by atoms with van der Waals surface area (Å²) < 4.78 is 1.14. The minimum Gasteiger partial charge on any atom is -0.309 e. The second-order valence-corrected chi connectivity index (χ2v) is 5.19. The Morgan fingerprint density at radius 1 is 1.21 bits per heavy atom. The molecule has 1 nitrogen and oxygen atoms in total. The van der Waals surface area contributed by atoms with Crippen molar-refractivity contribution in [2.24, 2.45) is 0 Å². The lowest BCUT2D eigenvalue weighted by molar-refractivity contribution is 0.437. The largest absolute Gasteiger partial charge is 0.309 e. The van der Waals surface area contributed by atoms with Crippen LogP contribution in [0.15, 0.2) is 33.6 Å². The normalized spacial score (nSPS) is 10.0. The fraction of sp³-hybridized carbons (Fsp3) is 0.400. The molecule has 0 spiro atoms. The predicted molar refractivity (Wildman–Crippen MR) is 70.7 cm³/mol. The molecule has 0 fully saturated rings. The molecule has 0 radical (unpaired) electrons. The molecular formula is C10H15BrClNS. The SMILES string of the molecule is CN(C)CCSc1ccc(Br)cc1.Cl. The van der Waals surface area contributed by atoms with Gasteiger partial charge in [-0.1, -0.05) is 15.9 Å². The van der Waals surface area contributed by atoms with Gasteiger partial charge in [-0.15, -0.1) is 24.2 Å². The van der Waals surface area contributed by atoms with Crippen molar-refractivity contribution in [3.8, 4) is 0 Å². The Labute approximate surface area is 105 Å². The van der Waals surface area contributed by atoms with Gasteiger partial charge in [-0.25, -0.2) is 0 Å².